The van der Waals surface area contributed by atoms with Crippen LogP contribution in [-0.2, 0) is 5.88 Å². The van der Waals surface area contributed by atoms with Crippen molar-refractivity contribution in [3.05, 3.63) is 55.4 Å². The van der Waals surface area contributed by atoms with Crippen LogP contribution < -0.4 is 4.74 Å². The summed E-state index contributed by atoms with van der Waals surface area (Å²) in [5.41, 5.74) is 0.953. The first kappa shape index (κ1) is 14.4. The van der Waals surface area contributed by atoms with Crippen molar-refractivity contribution in [3.8, 4) is 11.5 Å². The molecule has 2 aromatic carbocycles. The Morgan fingerprint density at radius 3 is 2.22 bits per heavy atom. The van der Waals surface area contributed by atoms with Gasteiger partial charge in [-0.3, -0.25) is 0 Å². The van der Waals surface area contributed by atoms with Crippen LogP contribution in [-0.4, -0.2) is 0 Å². The molecule has 0 N–H and O–H groups in total. The molecule has 1 nitrogen and oxygen atoms in total. The lowest BCUT2D eigenvalue weighted by Crippen LogP contribution is -1.90. The fraction of sp³-hybridized carbons (Fsp3) is 0.0769. The van der Waals surface area contributed by atoms with E-state index in [-0.39, 0.29) is 0 Å². The van der Waals surface area contributed by atoms with Gasteiger partial charge in [0.05, 0.1) is 10.4 Å². The molecule has 0 spiro atoms. The van der Waals surface area contributed by atoms with Crippen molar-refractivity contribution in [1.82, 2.24) is 0 Å². The van der Waals surface area contributed by atoms with Gasteiger partial charge in [0.15, 0.2) is 0 Å². The van der Waals surface area contributed by atoms with Crippen LogP contribution in [0, 0.1) is 0 Å². The van der Waals surface area contributed by atoms with Crippen molar-refractivity contribution in [2.75, 3.05) is 0 Å². The second-order valence-corrected chi connectivity index (χ2v) is 6.52. The molecule has 2 rings (SSSR count). The van der Waals surface area contributed by atoms with E-state index in [1.54, 1.807) is 0 Å². The van der Waals surface area contributed by atoms with Gasteiger partial charge in [0, 0.05) is 14.5 Å². The summed E-state index contributed by atoms with van der Waals surface area (Å²) in [6.07, 6.45) is 0. The molecule has 0 fully saturated rings. The van der Waals surface area contributed by atoms with Gasteiger partial charge >= 0.3 is 0 Å². The average molecular weight is 455 g/mol. The highest BCUT2D eigenvalue weighted by Crippen LogP contribution is 2.35. The first-order chi connectivity index (χ1) is 8.60. The van der Waals surface area contributed by atoms with Crippen molar-refractivity contribution in [3.63, 3.8) is 0 Å². The van der Waals surface area contributed by atoms with Gasteiger partial charge in [0.25, 0.3) is 0 Å². The maximum atomic E-state index is 5.90. The van der Waals surface area contributed by atoms with Crippen LogP contribution in [0.25, 0.3) is 0 Å². The van der Waals surface area contributed by atoms with Gasteiger partial charge in [0.2, 0.25) is 0 Å². The third-order valence-electron chi connectivity index (χ3n) is 2.29. The molecule has 0 aliphatic rings. The Hall–Kier alpha value is -0.0300. The number of ether oxygens (including phenoxy) is 1. The average Bonchev–Trinajstić information content (AvgIpc) is 2.33. The summed E-state index contributed by atoms with van der Waals surface area (Å²) in [7, 11) is 0. The highest BCUT2D eigenvalue weighted by atomic mass is 79.9. The lowest BCUT2D eigenvalue weighted by Gasteiger charge is -2.11. The second kappa shape index (κ2) is 6.42. The molecule has 0 heterocycles. The van der Waals surface area contributed by atoms with Gasteiger partial charge in [-0.05, 0) is 46.3 Å². The molecule has 18 heavy (non-hydrogen) atoms. The van der Waals surface area contributed by atoms with Gasteiger partial charge in [-0.1, -0.05) is 37.9 Å². The standard InChI is InChI=1S/C13H8Br3ClO/c14-9-3-4-12(11(16)5-9)18-13-6-10(15)2-1-8(13)7-17/h1-6H,7H2. The van der Waals surface area contributed by atoms with Crippen molar-refractivity contribution in [2.45, 2.75) is 5.88 Å². The Kier molecular flexibility index (Phi) is 5.13. The minimum atomic E-state index is 0.413. The molecule has 0 unspecified atom stereocenters. The summed E-state index contributed by atoms with van der Waals surface area (Å²) in [6.45, 7) is 0. The smallest absolute Gasteiger partial charge is 0.141 e. The van der Waals surface area contributed by atoms with Gasteiger partial charge < -0.3 is 4.74 Å². The summed E-state index contributed by atoms with van der Waals surface area (Å²) in [5, 5.41) is 0. The second-order valence-electron chi connectivity index (χ2n) is 3.56. The van der Waals surface area contributed by atoms with E-state index in [4.69, 9.17) is 16.3 Å². The number of rotatable bonds is 3. The highest BCUT2D eigenvalue weighted by molar-refractivity contribution is 9.11. The number of hydrogen-bond acceptors (Lipinski definition) is 1. The monoisotopic (exact) mass is 452 g/mol. The number of benzene rings is 2. The third-order valence-corrected chi connectivity index (χ3v) is 4.18. The lowest BCUT2D eigenvalue weighted by atomic mass is 10.2. The predicted octanol–water partition coefficient (Wildman–Crippen LogP) is 6.51. The largest absolute Gasteiger partial charge is 0.456 e. The molecule has 0 saturated carbocycles. The van der Waals surface area contributed by atoms with E-state index in [9.17, 15) is 0 Å². The number of halogens is 4. The zero-order chi connectivity index (χ0) is 13.1. The lowest BCUT2D eigenvalue weighted by molar-refractivity contribution is 0.475. The molecule has 0 radical (unpaired) electrons. The summed E-state index contributed by atoms with van der Waals surface area (Å²) >= 11 is 16.2. The normalized spacial score (nSPS) is 10.4. The molecule has 5 heteroatoms. The van der Waals surface area contributed by atoms with E-state index >= 15 is 0 Å². The Morgan fingerprint density at radius 2 is 1.56 bits per heavy atom. The first-order valence-electron chi connectivity index (χ1n) is 5.07. The molecule has 0 atom stereocenters. The summed E-state index contributed by atoms with van der Waals surface area (Å²) in [5.74, 6) is 1.92. The van der Waals surface area contributed by atoms with Gasteiger partial charge in [-0.15, -0.1) is 11.6 Å². The molecule has 0 aliphatic heterocycles. The highest BCUT2D eigenvalue weighted by Gasteiger charge is 2.08. The van der Waals surface area contributed by atoms with Crippen LogP contribution in [0.15, 0.2) is 49.8 Å². The van der Waals surface area contributed by atoms with E-state index in [1.165, 1.54) is 0 Å². The maximum absolute atomic E-state index is 5.90. The molecule has 0 saturated heterocycles. The van der Waals surface area contributed by atoms with Crippen LogP contribution in [0.4, 0.5) is 0 Å². The van der Waals surface area contributed by atoms with Crippen LogP contribution >= 0.6 is 59.4 Å². The first-order valence-corrected chi connectivity index (χ1v) is 7.99. The van der Waals surface area contributed by atoms with Crippen molar-refractivity contribution < 1.29 is 4.74 Å². The van der Waals surface area contributed by atoms with E-state index in [2.05, 4.69) is 47.8 Å². The third kappa shape index (κ3) is 3.50. The number of hydrogen-bond donors (Lipinski definition) is 0. The predicted molar refractivity (Wildman–Crippen MR) is 85.6 cm³/mol. The fourth-order valence-corrected chi connectivity index (χ4v) is 3.10. The topological polar surface area (TPSA) is 9.23 Å². The molecule has 0 aromatic heterocycles. The van der Waals surface area contributed by atoms with Crippen LogP contribution in [0.3, 0.4) is 0 Å². The van der Waals surface area contributed by atoms with Gasteiger partial charge in [-0.25, -0.2) is 0 Å². The SMILES string of the molecule is ClCc1ccc(Br)cc1Oc1ccc(Br)cc1Br. The van der Waals surface area contributed by atoms with E-state index < -0.39 is 0 Å². The van der Waals surface area contributed by atoms with Crippen molar-refractivity contribution >= 4 is 59.4 Å². The zero-order valence-electron chi connectivity index (χ0n) is 9.09. The maximum Gasteiger partial charge on any atom is 0.141 e. The minimum Gasteiger partial charge on any atom is -0.456 e. The Labute approximate surface area is 136 Å². The van der Waals surface area contributed by atoms with Crippen LogP contribution in [0.5, 0.6) is 11.5 Å². The molecular formula is C13H8Br3ClO. The molecule has 0 bridgehead atoms. The van der Waals surface area contributed by atoms with E-state index in [1.807, 2.05) is 36.4 Å². The number of alkyl halides is 1. The van der Waals surface area contributed by atoms with E-state index in [0.717, 1.165) is 30.5 Å². The van der Waals surface area contributed by atoms with Crippen molar-refractivity contribution in [1.29, 1.82) is 0 Å². The van der Waals surface area contributed by atoms with Gasteiger partial charge in [-0.2, -0.15) is 0 Å². The summed E-state index contributed by atoms with van der Waals surface area (Å²) in [4.78, 5) is 0. The molecule has 0 amide bonds. The van der Waals surface area contributed by atoms with Crippen molar-refractivity contribution in [2.24, 2.45) is 0 Å². The zero-order valence-corrected chi connectivity index (χ0v) is 14.6. The molecule has 94 valence electrons. The van der Waals surface area contributed by atoms with Crippen LogP contribution in [0.1, 0.15) is 5.56 Å². The quantitative estimate of drug-likeness (QED) is 0.480. The Balaban J connectivity index is 2.36. The minimum absolute atomic E-state index is 0.413. The summed E-state index contributed by atoms with van der Waals surface area (Å²) in [6, 6.07) is 11.6. The molecule has 0 aliphatic carbocycles. The fourth-order valence-electron chi connectivity index (χ4n) is 1.41. The molecule has 2 aromatic rings. The molecular weight excluding hydrogens is 447 g/mol. The van der Waals surface area contributed by atoms with Crippen LogP contribution in [0.2, 0.25) is 0 Å². The Morgan fingerprint density at radius 1 is 0.889 bits per heavy atom. The Bertz CT molecular complexity index is 572. The van der Waals surface area contributed by atoms with E-state index in [0.29, 0.717) is 5.88 Å². The summed E-state index contributed by atoms with van der Waals surface area (Å²) < 4.78 is 8.72. The van der Waals surface area contributed by atoms with Gasteiger partial charge in [0.1, 0.15) is 11.5 Å².